The number of aryl methyl sites for hydroxylation is 2. The van der Waals surface area contributed by atoms with E-state index in [-0.39, 0.29) is 5.09 Å². The molecule has 0 spiro atoms. The summed E-state index contributed by atoms with van der Waals surface area (Å²) >= 11 is 3.35. The largest absolute Gasteiger partial charge is 0.439 e. The molecule has 0 aliphatic carbocycles. The van der Waals surface area contributed by atoms with Crippen LogP contribution in [0.15, 0.2) is 48.8 Å². The van der Waals surface area contributed by atoms with Gasteiger partial charge in [-0.3, -0.25) is 4.72 Å². The molecule has 126 valence electrons. The number of nitrogens with one attached hydrogen (secondary N) is 1. The molecule has 3 rings (SSSR count). The van der Waals surface area contributed by atoms with Crippen molar-refractivity contribution < 1.29 is 17.4 Å². The summed E-state index contributed by atoms with van der Waals surface area (Å²) in [7, 11) is -3.85. The Hall–Kier alpha value is -2.06. The van der Waals surface area contributed by atoms with Crippen LogP contribution in [0.2, 0.25) is 0 Å². The molecule has 24 heavy (non-hydrogen) atoms. The Kier molecular flexibility index (Phi) is 4.27. The van der Waals surface area contributed by atoms with Crippen molar-refractivity contribution in [2.45, 2.75) is 25.9 Å². The van der Waals surface area contributed by atoms with E-state index in [4.69, 9.17) is 8.94 Å². The molecule has 0 atom stereocenters. The van der Waals surface area contributed by atoms with Gasteiger partial charge in [0, 0.05) is 10.0 Å². The van der Waals surface area contributed by atoms with Crippen LogP contribution in [0.3, 0.4) is 0 Å². The molecule has 3 aromatic rings. The molecular weight excluding hydrogens is 396 g/mol. The number of furan rings is 1. The Morgan fingerprint density at radius 1 is 1.12 bits per heavy atom. The van der Waals surface area contributed by atoms with E-state index in [1.807, 2.05) is 26.0 Å². The third-order valence-electron chi connectivity index (χ3n) is 3.60. The van der Waals surface area contributed by atoms with Crippen LogP contribution in [0.5, 0.6) is 0 Å². The first-order valence-electron chi connectivity index (χ1n) is 7.10. The van der Waals surface area contributed by atoms with Crippen LogP contribution < -0.4 is 4.72 Å². The molecule has 6 nitrogen and oxygen atoms in total. The van der Waals surface area contributed by atoms with Gasteiger partial charge in [0.1, 0.15) is 0 Å². The molecule has 8 heteroatoms. The number of rotatable bonds is 4. The third kappa shape index (κ3) is 3.11. The zero-order valence-electron chi connectivity index (χ0n) is 13.3. The molecule has 0 aliphatic rings. The molecule has 1 aromatic carbocycles. The van der Waals surface area contributed by atoms with Crippen LogP contribution in [0.1, 0.15) is 16.8 Å². The van der Waals surface area contributed by atoms with Crippen molar-refractivity contribution in [3.05, 3.63) is 51.6 Å². The maximum atomic E-state index is 12.5. The Morgan fingerprint density at radius 2 is 1.88 bits per heavy atom. The molecule has 0 amide bonds. The lowest BCUT2D eigenvalue weighted by Crippen LogP contribution is -2.12. The van der Waals surface area contributed by atoms with Crippen molar-refractivity contribution in [2.75, 3.05) is 4.72 Å². The lowest BCUT2D eigenvalue weighted by Gasteiger charge is -2.08. The first-order valence-corrected chi connectivity index (χ1v) is 9.37. The number of nitrogens with zero attached hydrogens (tertiary/aromatic N) is 1. The van der Waals surface area contributed by atoms with Crippen molar-refractivity contribution in [2.24, 2.45) is 0 Å². The van der Waals surface area contributed by atoms with Crippen molar-refractivity contribution in [3.63, 3.8) is 0 Å². The highest BCUT2D eigenvalue weighted by Crippen LogP contribution is 2.30. The average molecular weight is 411 g/mol. The summed E-state index contributed by atoms with van der Waals surface area (Å²) in [5.74, 6) is 0.738. The smallest absolute Gasteiger partial charge is 0.295 e. The van der Waals surface area contributed by atoms with Crippen LogP contribution in [-0.4, -0.2) is 13.6 Å². The van der Waals surface area contributed by atoms with E-state index in [2.05, 4.69) is 25.8 Å². The van der Waals surface area contributed by atoms with Crippen LogP contribution in [0, 0.1) is 20.8 Å². The molecule has 0 bridgehead atoms. The van der Waals surface area contributed by atoms with Crippen LogP contribution in [-0.2, 0) is 10.0 Å². The van der Waals surface area contributed by atoms with Gasteiger partial charge >= 0.3 is 0 Å². The molecule has 0 saturated heterocycles. The highest BCUT2D eigenvalue weighted by Gasteiger charge is 2.23. The second-order valence-corrected chi connectivity index (χ2v) is 7.90. The van der Waals surface area contributed by atoms with Gasteiger partial charge < -0.3 is 8.94 Å². The molecule has 2 aromatic heterocycles. The molecular formula is C16H15BrN2O4S. The second-order valence-electron chi connectivity index (χ2n) is 5.43. The van der Waals surface area contributed by atoms with Crippen molar-refractivity contribution in [3.8, 4) is 11.5 Å². The van der Waals surface area contributed by atoms with Crippen molar-refractivity contribution >= 4 is 31.6 Å². The minimum Gasteiger partial charge on any atom is -0.439 e. The zero-order chi connectivity index (χ0) is 17.5. The fraction of sp³-hybridized carbons (Fsp3) is 0.188. The molecule has 1 N–H and O–H groups in total. The standard InChI is InChI=1S/C16H15BrN2O4S/c1-9-4-5-13(12(17)8-9)19-24(20,21)15-7-6-14(22-15)16-10(2)11(3)18-23-16/h4-8,19H,1-3H3. The van der Waals surface area contributed by atoms with Gasteiger partial charge in [0.05, 0.1) is 11.4 Å². The predicted octanol–water partition coefficient (Wildman–Crippen LogP) is 4.42. The van der Waals surface area contributed by atoms with E-state index in [1.54, 1.807) is 19.1 Å². The van der Waals surface area contributed by atoms with Crippen molar-refractivity contribution in [1.82, 2.24) is 5.16 Å². The van der Waals surface area contributed by atoms with E-state index in [0.29, 0.717) is 21.7 Å². The van der Waals surface area contributed by atoms with Crippen LogP contribution in [0.4, 0.5) is 5.69 Å². The highest BCUT2D eigenvalue weighted by atomic mass is 79.9. The van der Waals surface area contributed by atoms with Gasteiger partial charge in [0.25, 0.3) is 10.0 Å². The third-order valence-corrected chi connectivity index (χ3v) is 5.49. The van der Waals surface area contributed by atoms with Gasteiger partial charge in [-0.2, -0.15) is 8.42 Å². The Bertz CT molecular complexity index is 1010. The van der Waals surface area contributed by atoms with E-state index in [1.165, 1.54) is 6.07 Å². The van der Waals surface area contributed by atoms with Crippen molar-refractivity contribution in [1.29, 1.82) is 0 Å². The number of halogens is 1. The Morgan fingerprint density at radius 3 is 2.50 bits per heavy atom. The number of benzene rings is 1. The maximum Gasteiger partial charge on any atom is 0.295 e. The molecule has 0 aliphatic heterocycles. The Balaban J connectivity index is 1.92. The number of sulfonamides is 1. The lowest BCUT2D eigenvalue weighted by molar-refractivity contribution is 0.398. The summed E-state index contributed by atoms with van der Waals surface area (Å²) < 4.78 is 38.8. The monoisotopic (exact) mass is 410 g/mol. The summed E-state index contributed by atoms with van der Waals surface area (Å²) in [6.45, 7) is 5.56. The average Bonchev–Trinajstić information content (AvgIpc) is 3.11. The number of hydrogen-bond donors (Lipinski definition) is 1. The summed E-state index contributed by atoms with van der Waals surface area (Å²) in [6.07, 6.45) is 0. The highest BCUT2D eigenvalue weighted by molar-refractivity contribution is 9.10. The normalized spacial score (nSPS) is 11.7. The predicted molar refractivity (Wildman–Crippen MR) is 93.4 cm³/mol. The zero-order valence-corrected chi connectivity index (χ0v) is 15.7. The first kappa shape index (κ1) is 16.8. The van der Waals surface area contributed by atoms with Gasteiger partial charge in [0.2, 0.25) is 10.9 Å². The minimum absolute atomic E-state index is 0.196. The number of anilines is 1. The fourth-order valence-electron chi connectivity index (χ4n) is 2.13. The van der Waals surface area contributed by atoms with E-state index in [0.717, 1.165) is 16.8 Å². The molecule has 0 radical (unpaired) electrons. The quantitative estimate of drug-likeness (QED) is 0.687. The minimum atomic E-state index is -3.85. The SMILES string of the molecule is Cc1ccc(NS(=O)(=O)c2ccc(-c3onc(C)c3C)o2)c(Br)c1. The van der Waals surface area contributed by atoms with Gasteiger partial charge in [-0.25, -0.2) is 0 Å². The van der Waals surface area contributed by atoms with Crippen LogP contribution >= 0.6 is 15.9 Å². The van der Waals surface area contributed by atoms with Gasteiger partial charge in [0.15, 0.2) is 5.76 Å². The van der Waals surface area contributed by atoms with Crippen LogP contribution in [0.25, 0.3) is 11.5 Å². The summed E-state index contributed by atoms with van der Waals surface area (Å²) in [4.78, 5) is 0. The lowest BCUT2D eigenvalue weighted by atomic mass is 10.2. The van der Waals surface area contributed by atoms with Gasteiger partial charge in [-0.15, -0.1) is 0 Å². The Labute approximate surface area is 148 Å². The maximum absolute atomic E-state index is 12.5. The molecule has 0 saturated carbocycles. The van der Waals surface area contributed by atoms with E-state index < -0.39 is 10.0 Å². The van der Waals surface area contributed by atoms with E-state index in [9.17, 15) is 8.42 Å². The fourth-order valence-corrected chi connectivity index (χ4v) is 3.87. The summed E-state index contributed by atoms with van der Waals surface area (Å²) in [6, 6.07) is 8.26. The van der Waals surface area contributed by atoms with E-state index >= 15 is 0 Å². The van der Waals surface area contributed by atoms with Gasteiger partial charge in [-0.1, -0.05) is 11.2 Å². The topological polar surface area (TPSA) is 85.3 Å². The summed E-state index contributed by atoms with van der Waals surface area (Å²) in [5.41, 5.74) is 2.99. The molecule has 2 heterocycles. The first-order chi connectivity index (χ1) is 11.3. The number of aromatic nitrogens is 1. The second kappa shape index (κ2) is 6.10. The van der Waals surface area contributed by atoms with Gasteiger partial charge in [-0.05, 0) is 66.5 Å². The number of hydrogen-bond acceptors (Lipinski definition) is 5. The molecule has 0 fully saturated rings. The summed E-state index contributed by atoms with van der Waals surface area (Å²) in [5, 5.41) is 3.65. The molecule has 0 unspecified atom stereocenters.